The van der Waals surface area contributed by atoms with Crippen molar-refractivity contribution >= 4 is 46.6 Å². The highest BCUT2D eigenvalue weighted by atomic mass is 35.5. The number of methoxy groups -OCH3 is 2. The van der Waals surface area contributed by atoms with Gasteiger partial charge in [0.1, 0.15) is 0 Å². The lowest BCUT2D eigenvalue weighted by Gasteiger charge is -2.09. The largest absolute Gasteiger partial charge is 0.493 e. The molecule has 1 heterocycles. The predicted octanol–water partition coefficient (Wildman–Crippen LogP) is 3.54. The van der Waals surface area contributed by atoms with Crippen LogP contribution in [0.3, 0.4) is 0 Å². The van der Waals surface area contributed by atoms with Crippen LogP contribution in [-0.2, 0) is 4.79 Å². The minimum absolute atomic E-state index is 0.0925. The van der Waals surface area contributed by atoms with Crippen molar-refractivity contribution in [2.45, 2.75) is 19.0 Å². The number of carbonyl (C=O) groups excluding carboxylic acids is 1. The third-order valence-electron chi connectivity index (χ3n) is 4.60. The Balaban J connectivity index is 1.61. The van der Waals surface area contributed by atoms with E-state index in [1.807, 2.05) is 32.0 Å². The highest BCUT2D eigenvalue weighted by molar-refractivity contribution is 7.99. The second-order valence-electron chi connectivity index (χ2n) is 6.85. The standard InChI is InChI=1S/C21H24ClN7O3S/c1-12-5-7-15(22)10-16(12)24-19(30)11-33-21-28-27-20(29(21)23)26-25-13(2)14-6-8-17(31-3)18(9-14)32-4/h5-10H,11,23H2,1-4H3,(H,24,30)(H,26,27)/b25-13+. The number of hydrazone groups is 1. The number of amides is 1. The Kier molecular flexibility index (Phi) is 8.01. The lowest BCUT2D eigenvalue weighted by atomic mass is 10.1. The van der Waals surface area contributed by atoms with Crippen LogP contribution in [0.1, 0.15) is 18.1 Å². The number of anilines is 2. The summed E-state index contributed by atoms with van der Waals surface area (Å²) in [7, 11) is 3.14. The Morgan fingerprint density at radius 3 is 2.67 bits per heavy atom. The maximum Gasteiger partial charge on any atom is 0.264 e. The number of ether oxygens (including phenoxy) is 2. The molecule has 0 saturated carbocycles. The first kappa shape index (κ1) is 24.2. The fraction of sp³-hybridized carbons (Fsp3) is 0.238. The molecule has 0 saturated heterocycles. The number of benzene rings is 2. The SMILES string of the molecule is COc1ccc(/C(C)=N/Nc2nnc(SCC(=O)Nc3cc(Cl)ccc3C)n2N)cc1OC. The summed E-state index contributed by atoms with van der Waals surface area (Å²) in [5.41, 5.74) is 5.85. The molecule has 0 fully saturated rings. The molecule has 12 heteroatoms. The Morgan fingerprint density at radius 2 is 1.94 bits per heavy atom. The van der Waals surface area contributed by atoms with E-state index >= 15 is 0 Å². The lowest BCUT2D eigenvalue weighted by Crippen LogP contribution is -2.17. The topological polar surface area (TPSA) is 129 Å². The molecule has 0 bridgehead atoms. The maximum absolute atomic E-state index is 12.3. The molecule has 0 radical (unpaired) electrons. The zero-order valence-corrected chi connectivity index (χ0v) is 20.1. The minimum atomic E-state index is -0.217. The van der Waals surface area contributed by atoms with Gasteiger partial charge in [-0.05, 0) is 49.7 Å². The van der Waals surface area contributed by atoms with Gasteiger partial charge in [-0.1, -0.05) is 29.4 Å². The molecule has 1 aromatic heterocycles. The molecule has 0 aliphatic carbocycles. The number of rotatable bonds is 9. The highest BCUT2D eigenvalue weighted by Gasteiger charge is 2.13. The number of halogens is 1. The average Bonchev–Trinajstić information content (AvgIpc) is 3.17. The van der Waals surface area contributed by atoms with Gasteiger partial charge in [0, 0.05) is 16.3 Å². The average molecular weight is 490 g/mol. The number of aromatic nitrogens is 3. The van der Waals surface area contributed by atoms with E-state index in [1.54, 1.807) is 32.4 Å². The van der Waals surface area contributed by atoms with Crippen molar-refractivity contribution < 1.29 is 14.3 Å². The second kappa shape index (κ2) is 10.9. The summed E-state index contributed by atoms with van der Waals surface area (Å²) in [4.78, 5) is 12.3. The third kappa shape index (κ3) is 6.08. The fourth-order valence-electron chi connectivity index (χ4n) is 2.76. The van der Waals surface area contributed by atoms with Crippen LogP contribution in [-0.4, -0.2) is 46.5 Å². The number of hydrogen-bond donors (Lipinski definition) is 3. The van der Waals surface area contributed by atoms with Gasteiger partial charge in [0.15, 0.2) is 11.5 Å². The summed E-state index contributed by atoms with van der Waals surface area (Å²) in [6.45, 7) is 3.71. The van der Waals surface area contributed by atoms with Crippen molar-refractivity contribution in [3.05, 3.63) is 52.5 Å². The summed E-state index contributed by atoms with van der Waals surface area (Å²) in [5, 5.41) is 16.0. The first-order valence-electron chi connectivity index (χ1n) is 9.74. The van der Waals surface area contributed by atoms with Crippen molar-refractivity contribution in [1.82, 2.24) is 14.9 Å². The van der Waals surface area contributed by atoms with Crippen LogP contribution in [0.15, 0.2) is 46.7 Å². The van der Waals surface area contributed by atoms with Gasteiger partial charge in [0.05, 0.1) is 25.7 Å². The van der Waals surface area contributed by atoms with Crippen molar-refractivity contribution in [1.29, 1.82) is 0 Å². The number of hydrogen-bond acceptors (Lipinski definition) is 9. The lowest BCUT2D eigenvalue weighted by molar-refractivity contribution is -0.113. The van der Waals surface area contributed by atoms with E-state index in [1.165, 1.54) is 4.68 Å². The van der Waals surface area contributed by atoms with Crippen LogP contribution in [0.4, 0.5) is 11.6 Å². The van der Waals surface area contributed by atoms with Crippen LogP contribution < -0.4 is 26.1 Å². The molecule has 33 heavy (non-hydrogen) atoms. The van der Waals surface area contributed by atoms with Gasteiger partial charge >= 0.3 is 0 Å². The molecule has 0 unspecified atom stereocenters. The fourth-order valence-corrected chi connectivity index (χ4v) is 3.59. The summed E-state index contributed by atoms with van der Waals surface area (Å²) >= 11 is 7.14. The molecular weight excluding hydrogens is 466 g/mol. The van der Waals surface area contributed by atoms with Gasteiger partial charge in [0.25, 0.3) is 5.95 Å². The second-order valence-corrected chi connectivity index (χ2v) is 8.23. The van der Waals surface area contributed by atoms with Crippen LogP contribution in [0.5, 0.6) is 11.5 Å². The number of thioether (sulfide) groups is 1. The maximum atomic E-state index is 12.3. The number of nitrogens with one attached hydrogen (secondary N) is 2. The number of aryl methyl sites for hydroxylation is 1. The van der Waals surface area contributed by atoms with E-state index in [0.29, 0.717) is 33.1 Å². The Morgan fingerprint density at radius 1 is 1.18 bits per heavy atom. The molecule has 3 rings (SSSR count). The van der Waals surface area contributed by atoms with Gasteiger partial charge in [-0.15, -0.1) is 10.2 Å². The Bertz CT molecular complexity index is 1180. The van der Waals surface area contributed by atoms with Gasteiger partial charge in [-0.3, -0.25) is 4.79 Å². The quantitative estimate of drug-likeness (QED) is 0.180. The molecule has 0 aliphatic rings. The van der Waals surface area contributed by atoms with Crippen molar-refractivity contribution in [2.75, 3.05) is 36.6 Å². The van der Waals surface area contributed by atoms with Crippen LogP contribution in [0.2, 0.25) is 5.02 Å². The Labute approximate surface area is 200 Å². The zero-order valence-electron chi connectivity index (χ0n) is 18.5. The molecule has 10 nitrogen and oxygen atoms in total. The third-order valence-corrected chi connectivity index (χ3v) is 5.77. The zero-order chi connectivity index (χ0) is 24.0. The molecular formula is C21H24ClN7O3S. The number of carbonyl (C=O) groups is 1. The van der Waals surface area contributed by atoms with Crippen LogP contribution >= 0.6 is 23.4 Å². The van der Waals surface area contributed by atoms with Crippen molar-refractivity contribution in [2.24, 2.45) is 5.10 Å². The molecule has 1 amide bonds. The van der Waals surface area contributed by atoms with E-state index in [9.17, 15) is 4.79 Å². The van der Waals surface area contributed by atoms with Crippen LogP contribution in [0, 0.1) is 6.92 Å². The van der Waals surface area contributed by atoms with Crippen molar-refractivity contribution in [3.63, 3.8) is 0 Å². The smallest absolute Gasteiger partial charge is 0.264 e. The number of nitrogens with zero attached hydrogens (tertiary/aromatic N) is 4. The molecule has 0 spiro atoms. The van der Waals surface area contributed by atoms with Crippen molar-refractivity contribution in [3.8, 4) is 11.5 Å². The van der Waals surface area contributed by atoms with E-state index < -0.39 is 0 Å². The molecule has 3 aromatic rings. The predicted molar refractivity (Wildman–Crippen MR) is 131 cm³/mol. The number of nitrogen functional groups attached to an aromatic ring is 1. The van der Waals surface area contributed by atoms with Gasteiger partial charge in [0.2, 0.25) is 11.1 Å². The monoisotopic (exact) mass is 489 g/mol. The minimum Gasteiger partial charge on any atom is -0.493 e. The first-order chi connectivity index (χ1) is 15.8. The van der Waals surface area contributed by atoms with E-state index in [4.69, 9.17) is 26.9 Å². The number of nitrogens with two attached hydrogens (primary N) is 1. The summed E-state index contributed by atoms with van der Waals surface area (Å²) in [6, 6.07) is 10.8. The summed E-state index contributed by atoms with van der Waals surface area (Å²) in [5.74, 6) is 7.37. The molecule has 4 N–H and O–H groups in total. The van der Waals surface area contributed by atoms with E-state index in [0.717, 1.165) is 22.9 Å². The summed E-state index contributed by atoms with van der Waals surface area (Å²) < 4.78 is 11.8. The van der Waals surface area contributed by atoms with E-state index in [-0.39, 0.29) is 17.6 Å². The van der Waals surface area contributed by atoms with Gasteiger partial charge < -0.3 is 20.6 Å². The summed E-state index contributed by atoms with van der Waals surface area (Å²) in [6.07, 6.45) is 0. The normalized spacial score (nSPS) is 11.2. The van der Waals surface area contributed by atoms with Crippen LogP contribution in [0.25, 0.3) is 0 Å². The Hall–Kier alpha value is -3.44. The molecule has 0 aliphatic heterocycles. The van der Waals surface area contributed by atoms with Gasteiger partial charge in [-0.25, -0.2) is 10.1 Å². The van der Waals surface area contributed by atoms with E-state index in [2.05, 4.69) is 26.0 Å². The van der Waals surface area contributed by atoms with Gasteiger partial charge in [-0.2, -0.15) is 5.10 Å². The molecule has 0 atom stereocenters. The highest BCUT2D eigenvalue weighted by Crippen LogP contribution is 2.28. The first-order valence-corrected chi connectivity index (χ1v) is 11.1. The molecule has 174 valence electrons. The molecule has 2 aromatic carbocycles.